The molecule has 0 bridgehead atoms. The molecule has 0 saturated carbocycles. The molecule has 0 saturated heterocycles. The highest BCUT2D eigenvalue weighted by molar-refractivity contribution is 5.93. The Morgan fingerprint density at radius 2 is 1.70 bits per heavy atom. The first kappa shape index (κ1) is 25.0. The third kappa shape index (κ3) is 8.55. The number of aliphatic hydroxyl groups is 1. The Kier molecular flexibility index (Phi) is 11.0. The van der Waals surface area contributed by atoms with Crippen LogP contribution in [0.1, 0.15) is 25.0 Å². The molecule has 10 N–H and O–H groups in total. The zero-order valence-corrected chi connectivity index (χ0v) is 16.5. The number of aromatic amines is 1. The van der Waals surface area contributed by atoms with Gasteiger partial charge in [0.2, 0.25) is 17.7 Å². The first-order chi connectivity index (χ1) is 14.3. The Hall–Kier alpha value is -3.03. The molecule has 168 valence electrons. The summed E-state index contributed by atoms with van der Waals surface area (Å²) in [5.41, 5.74) is 11.1. The van der Waals surface area contributed by atoms with Gasteiger partial charge < -0.3 is 42.6 Å². The Morgan fingerprint density at radius 1 is 1.03 bits per heavy atom. The molecule has 0 aromatic carbocycles. The van der Waals surface area contributed by atoms with E-state index in [1.165, 1.54) is 12.5 Å². The van der Waals surface area contributed by atoms with E-state index in [0.717, 1.165) is 0 Å². The van der Waals surface area contributed by atoms with Gasteiger partial charge >= 0.3 is 5.97 Å². The molecule has 0 aliphatic heterocycles. The number of carbonyl (C=O) groups is 4. The van der Waals surface area contributed by atoms with Gasteiger partial charge in [0.25, 0.3) is 0 Å². The number of H-pyrrole nitrogens is 1. The van der Waals surface area contributed by atoms with Crippen molar-refractivity contribution in [1.82, 2.24) is 25.9 Å². The van der Waals surface area contributed by atoms with Crippen LogP contribution >= 0.6 is 0 Å². The minimum Gasteiger partial charge on any atom is -0.480 e. The third-order valence-electron chi connectivity index (χ3n) is 4.19. The number of imidazole rings is 1. The summed E-state index contributed by atoms with van der Waals surface area (Å²) in [7, 11) is 0. The van der Waals surface area contributed by atoms with E-state index in [-0.39, 0.29) is 19.4 Å². The Morgan fingerprint density at radius 3 is 2.23 bits per heavy atom. The smallest absolute Gasteiger partial charge is 0.326 e. The summed E-state index contributed by atoms with van der Waals surface area (Å²) in [6.45, 7) is -0.701. The van der Waals surface area contributed by atoms with E-state index in [9.17, 15) is 29.4 Å². The van der Waals surface area contributed by atoms with Gasteiger partial charge in [0.15, 0.2) is 0 Å². The number of aliphatic hydroxyl groups excluding tert-OH is 1. The Balaban J connectivity index is 2.90. The second kappa shape index (κ2) is 13.2. The van der Waals surface area contributed by atoms with Gasteiger partial charge in [-0.15, -0.1) is 0 Å². The number of carboxylic acid groups (broad SMARTS) is 1. The first-order valence-electron chi connectivity index (χ1n) is 9.43. The van der Waals surface area contributed by atoms with Crippen molar-refractivity contribution in [2.24, 2.45) is 11.5 Å². The van der Waals surface area contributed by atoms with Gasteiger partial charge in [-0.25, -0.2) is 9.78 Å². The summed E-state index contributed by atoms with van der Waals surface area (Å²) < 4.78 is 0. The second-order valence-electron chi connectivity index (χ2n) is 6.53. The molecule has 3 atom stereocenters. The number of nitrogens with two attached hydrogens (primary N) is 2. The molecule has 1 rings (SSSR count). The maximum Gasteiger partial charge on any atom is 0.326 e. The quantitative estimate of drug-likeness (QED) is 0.138. The molecule has 3 amide bonds. The van der Waals surface area contributed by atoms with Crippen LogP contribution in [-0.4, -0.2) is 81.7 Å². The average molecular weight is 427 g/mol. The van der Waals surface area contributed by atoms with Gasteiger partial charge in [-0.2, -0.15) is 0 Å². The molecular formula is C17H29N7O6. The number of amides is 3. The van der Waals surface area contributed by atoms with Crippen LogP contribution in [0.5, 0.6) is 0 Å². The fourth-order valence-corrected chi connectivity index (χ4v) is 2.57. The molecule has 0 spiro atoms. The summed E-state index contributed by atoms with van der Waals surface area (Å²) in [5, 5.41) is 25.8. The number of unbranched alkanes of at least 4 members (excludes halogenated alkanes) is 1. The lowest BCUT2D eigenvalue weighted by Gasteiger charge is -2.23. The number of rotatable bonds is 14. The van der Waals surface area contributed by atoms with Crippen LogP contribution in [0.4, 0.5) is 0 Å². The molecular weight excluding hydrogens is 398 g/mol. The fourth-order valence-electron chi connectivity index (χ4n) is 2.57. The summed E-state index contributed by atoms with van der Waals surface area (Å²) in [6.07, 6.45) is 4.10. The number of hydrogen-bond donors (Lipinski definition) is 8. The number of carbonyl (C=O) groups excluding carboxylic acids is 3. The van der Waals surface area contributed by atoms with Crippen LogP contribution in [-0.2, 0) is 25.6 Å². The van der Waals surface area contributed by atoms with Gasteiger partial charge in [0.05, 0.1) is 19.5 Å². The summed E-state index contributed by atoms with van der Waals surface area (Å²) >= 11 is 0. The number of nitrogens with zero attached hydrogens (tertiary/aromatic N) is 1. The molecule has 30 heavy (non-hydrogen) atoms. The largest absolute Gasteiger partial charge is 0.480 e. The zero-order chi connectivity index (χ0) is 22.5. The van der Waals surface area contributed by atoms with Gasteiger partial charge in [0, 0.05) is 18.3 Å². The molecule has 1 aromatic heterocycles. The molecule has 13 nitrogen and oxygen atoms in total. The molecule has 0 unspecified atom stereocenters. The van der Waals surface area contributed by atoms with Crippen molar-refractivity contribution < 1.29 is 29.4 Å². The van der Waals surface area contributed by atoms with Crippen molar-refractivity contribution in [3.63, 3.8) is 0 Å². The standard InChI is InChI=1S/C17H29N7O6/c18-4-2-1-3-11(17(29)30)23-15(27)12(5-10-7-20-9-21-10)24-16(28)13(8-25)22-14(26)6-19/h7,9,11-13,25H,1-6,8,18-19H2,(H,20,21)(H,22,26)(H,23,27)(H,24,28)(H,29,30)/t11-,12-,13-/m0/s1. The third-order valence-corrected chi connectivity index (χ3v) is 4.19. The summed E-state index contributed by atoms with van der Waals surface area (Å²) in [4.78, 5) is 54.7. The lowest BCUT2D eigenvalue weighted by atomic mass is 10.1. The van der Waals surface area contributed by atoms with E-state index in [0.29, 0.717) is 25.1 Å². The lowest BCUT2D eigenvalue weighted by molar-refractivity contribution is -0.142. The number of hydrogen-bond acceptors (Lipinski definition) is 8. The van der Waals surface area contributed by atoms with Crippen LogP contribution in [0.3, 0.4) is 0 Å². The number of aliphatic carboxylic acids is 1. The predicted octanol–water partition coefficient (Wildman–Crippen LogP) is -3.43. The van der Waals surface area contributed by atoms with Crippen molar-refractivity contribution in [3.8, 4) is 0 Å². The minimum atomic E-state index is -1.32. The maximum atomic E-state index is 12.7. The molecule has 0 radical (unpaired) electrons. The van der Waals surface area contributed by atoms with E-state index in [1.54, 1.807) is 0 Å². The molecule has 1 aromatic rings. The van der Waals surface area contributed by atoms with E-state index in [1.807, 2.05) is 0 Å². The Labute approximate surface area is 173 Å². The zero-order valence-electron chi connectivity index (χ0n) is 16.5. The van der Waals surface area contributed by atoms with E-state index in [4.69, 9.17) is 11.5 Å². The van der Waals surface area contributed by atoms with E-state index >= 15 is 0 Å². The van der Waals surface area contributed by atoms with Crippen LogP contribution in [0.15, 0.2) is 12.5 Å². The topological polar surface area (TPSA) is 226 Å². The normalized spacial score (nSPS) is 13.7. The predicted molar refractivity (Wildman–Crippen MR) is 105 cm³/mol. The second-order valence-corrected chi connectivity index (χ2v) is 6.53. The highest BCUT2D eigenvalue weighted by atomic mass is 16.4. The van der Waals surface area contributed by atoms with Crippen molar-refractivity contribution in [2.75, 3.05) is 19.7 Å². The minimum absolute atomic E-state index is 0.0182. The molecule has 0 aliphatic carbocycles. The van der Waals surface area contributed by atoms with Gasteiger partial charge in [-0.1, -0.05) is 0 Å². The van der Waals surface area contributed by atoms with Crippen LogP contribution in [0.2, 0.25) is 0 Å². The van der Waals surface area contributed by atoms with Crippen molar-refractivity contribution in [2.45, 2.75) is 43.8 Å². The highest BCUT2D eigenvalue weighted by Gasteiger charge is 2.29. The molecule has 1 heterocycles. The van der Waals surface area contributed by atoms with Crippen molar-refractivity contribution in [3.05, 3.63) is 18.2 Å². The van der Waals surface area contributed by atoms with Gasteiger partial charge in [-0.05, 0) is 25.8 Å². The monoisotopic (exact) mass is 427 g/mol. The average Bonchev–Trinajstić information content (AvgIpc) is 3.23. The molecule has 0 fully saturated rings. The van der Waals surface area contributed by atoms with E-state index in [2.05, 4.69) is 25.9 Å². The first-order valence-corrected chi connectivity index (χ1v) is 9.43. The number of carboxylic acids is 1. The highest BCUT2D eigenvalue weighted by Crippen LogP contribution is 2.04. The summed E-state index contributed by atoms with van der Waals surface area (Å²) in [5.74, 6) is -3.44. The van der Waals surface area contributed by atoms with Crippen molar-refractivity contribution >= 4 is 23.7 Å². The van der Waals surface area contributed by atoms with Gasteiger partial charge in [0.1, 0.15) is 18.1 Å². The lowest BCUT2D eigenvalue weighted by Crippen LogP contribution is -2.57. The maximum absolute atomic E-state index is 12.7. The number of aromatic nitrogens is 2. The summed E-state index contributed by atoms with van der Waals surface area (Å²) in [6, 6.07) is -3.66. The fraction of sp³-hybridized carbons (Fsp3) is 0.588. The van der Waals surface area contributed by atoms with E-state index < -0.39 is 48.4 Å². The van der Waals surface area contributed by atoms with Gasteiger partial charge in [-0.3, -0.25) is 14.4 Å². The van der Waals surface area contributed by atoms with Crippen LogP contribution in [0, 0.1) is 0 Å². The number of nitrogens with one attached hydrogen (secondary N) is 4. The van der Waals surface area contributed by atoms with Crippen LogP contribution in [0.25, 0.3) is 0 Å². The molecule has 13 heteroatoms. The van der Waals surface area contributed by atoms with Crippen molar-refractivity contribution in [1.29, 1.82) is 0 Å². The molecule has 0 aliphatic rings. The SMILES string of the molecule is NCCCC[C@H](NC(=O)[C@H](Cc1cnc[nH]1)NC(=O)[C@H](CO)NC(=O)CN)C(=O)O. The Bertz CT molecular complexity index is 697. The van der Waals surface area contributed by atoms with Crippen LogP contribution < -0.4 is 27.4 Å².